The topological polar surface area (TPSA) is 15.3 Å². The van der Waals surface area contributed by atoms with Gasteiger partial charge < -0.3 is 0 Å². The van der Waals surface area contributed by atoms with Crippen molar-refractivity contribution < 1.29 is 0 Å². The summed E-state index contributed by atoms with van der Waals surface area (Å²) in [6, 6.07) is 0. The predicted octanol–water partition coefficient (Wildman–Crippen LogP) is 0.0725. The minimum Gasteiger partial charge on any atom is -0.255 e. The lowest BCUT2D eigenvalue weighted by Gasteiger charge is -2.03. The maximum atomic E-state index is 3.20. The lowest BCUT2D eigenvalue weighted by molar-refractivity contribution is 0.311. The molecular formula is C5H12N2. The van der Waals surface area contributed by atoms with Crippen molar-refractivity contribution in [3.05, 3.63) is 0 Å². The summed E-state index contributed by atoms with van der Waals surface area (Å²) in [7, 11) is 2.07. The van der Waals surface area contributed by atoms with Gasteiger partial charge >= 0.3 is 0 Å². The van der Waals surface area contributed by atoms with Crippen LogP contribution >= 0.6 is 0 Å². The van der Waals surface area contributed by atoms with E-state index in [4.69, 9.17) is 0 Å². The van der Waals surface area contributed by atoms with Crippen LogP contribution in [-0.4, -0.2) is 25.1 Å². The van der Waals surface area contributed by atoms with Crippen molar-refractivity contribution in [3.63, 3.8) is 0 Å². The Morgan fingerprint density at radius 3 is 2.57 bits per heavy atom. The van der Waals surface area contributed by atoms with E-state index < -0.39 is 0 Å². The highest BCUT2D eigenvalue weighted by Crippen LogP contribution is 2.00. The van der Waals surface area contributed by atoms with Crippen LogP contribution in [0, 0.1) is 5.92 Å². The van der Waals surface area contributed by atoms with E-state index in [1.165, 1.54) is 6.54 Å². The Kier molecular flexibility index (Phi) is 1.30. The second-order valence-electron chi connectivity index (χ2n) is 2.35. The Morgan fingerprint density at radius 1 is 1.71 bits per heavy atom. The van der Waals surface area contributed by atoms with Gasteiger partial charge in [0.05, 0.1) is 0 Å². The molecule has 0 aliphatic carbocycles. The van der Waals surface area contributed by atoms with E-state index in [-0.39, 0.29) is 0 Å². The van der Waals surface area contributed by atoms with Gasteiger partial charge in [0.2, 0.25) is 0 Å². The van der Waals surface area contributed by atoms with Gasteiger partial charge in [0.15, 0.2) is 0 Å². The molecule has 1 atom stereocenters. The zero-order valence-corrected chi connectivity index (χ0v) is 4.94. The lowest BCUT2D eigenvalue weighted by Crippen LogP contribution is -2.25. The lowest BCUT2D eigenvalue weighted by atomic mass is 10.2. The van der Waals surface area contributed by atoms with Crippen molar-refractivity contribution in [3.8, 4) is 0 Å². The van der Waals surface area contributed by atoms with Crippen LogP contribution in [0.25, 0.3) is 0 Å². The summed E-state index contributed by atoms with van der Waals surface area (Å²) in [5.74, 6) is 0.838. The Hall–Kier alpha value is -0.0800. The quantitative estimate of drug-likeness (QED) is 0.463. The minimum atomic E-state index is 0.838. The second kappa shape index (κ2) is 1.80. The molecule has 1 fully saturated rings. The first-order valence-corrected chi connectivity index (χ1v) is 2.73. The third kappa shape index (κ3) is 1.14. The molecule has 0 aromatic carbocycles. The number of nitrogens with one attached hydrogen (secondary N) is 1. The van der Waals surface area contributed by atoms with Gasteiger partial charge in [-0.15, -0.1) is 0 Å². The largest absolute Gasteiger partial charge is 0.255 e. The molecule has 1 saturated heterocycles. The van der Waals surface area contributed by atoms with Crippen LogP contribution in [0.5, 0.6) is 0 Å². The molecule has 2 nitrogen and oxygen atoms in total. The molecule has 7 heavy (non-hydrogen) atoms. The molecule has 1 aliphatic rings. The first-order valence-electron chi connectivity index (χ1n) is 2.73. The van der Waals surface area contributed by atoms with Gasteiger partial charge in [-0.05, 0) is 5.92 Å². The zero-order chi connectivity index (χ0) is 5.28. The van der Waals surface area contributed by atoms with Crippen molar-refractivity contribution >= 4 is 0 Å². The summed E-state index contributed by atoms with van der Waals surface area (Å²) in [6.07, 6.45) is 0. The summed E-state index contributed by atoms with van der Waals surface area (Å²) in [5, 5.41) is 2.13. The number of nitrogens with zero attached hydrogens (tertiary/aromatic N) is 1. The molecule has 0 radical (unpaired) electrons. The summed E-state index contributed by atoms with van der Waals surface area (Å²) in [6.45, 7) is 4.59. The van der Waals surface area contributed by atoms with Crippen molar-refractivity contribution in [2.75, 3.05) is 20.1 Å². The highest BCUT2D eigenvalue weighted by Gasteiger charge is 2.12. The average molecular weight is 100 g/mol. The van der Waals surface area contributed by atoms with Gasteiger partial charge in [0.25, 0.3) is 0 Å². The van der Waals surface area contributed by atoms with Crippen molar-refractivity contribution in [2.45, 2.75) is 6.92 Å². The van der Waals surface area contributed by atoms with E-state index >= 15 is 0 Å². The number of hydrazine groups is 1. The molecule has 1 N–H and O–H groups in total. The van der Waals surface area contributed by atoms with E-state index in [1.54, 1.807) is 0 Å². The van der Waals surface area contributed by atoms with E-state index in [0.29, 0.717) is 0 Å². The molecule has 2 heteroatoms. The SMILES string of the molecule is C[C@H]1CNN(C)C1. The third-order valence-electron chi connectivity index (χ3n) is 1.30. The van der Waals surface area contributed by atoms with Crippen molar-refractivity contribution in [1.29, 1.82) is 0 Å². The van der Waals surface area contributed by atoms with Crippen molar-refractivity contribution in [2.24, 2.45) is 5.92 Å². The van der Waals surface area contributed by atoms with E-state index in [2.05, 4.69) is 24.4 Å². The summed E-state index contributed by atoms with van der Waals surface area (Å²) < 4.78 is 0. The molecule has 0 amide bonds. The molecule has 0 aromatic rings. The molecule has 0 bridgehead atoms. The van der Waals surface area contributed by atoms with Gasteiger partial charge in [0.1, 0.15) is 0 Å². The number of hydrogen-bond acceptors (Lipinski definition) is 2. The molecule has 0 saturated carbocycles. The Labute approximate surface area is 44.5 Å². The van der Waals surface area contributed by atoms with E-state index in [0.717, 1.165) is 12.5 Å². The maximum Gasteiger partial charge on any atom is 0.0166 e. The molecular weight excluding hydrogens is 88.1 g/mol. The summed E-state index contributed by atoms with van der Waals surface area (Å²) in [4.78, 5) is 0. The Bertz CT molecular complexity index is 55.1. The van der Waals surface area contributed by atoms with E-state index in [1.807, 2.05) is 0 Å². The van der Waals surface area contributed by atoms with Crippen LogP contribution in [0.3, 0.4) is 0 Å². The fourth-order valence-corrected chi connectivity index (χ4v) is 0.908. The third-order valence-corrected chi connectivity index (χ3v) is 1.30. The highest BCUT2D eigenvalue weighted by molar-refractivity contribution is 4.64. The second-order valence-corrected chi connectivity index (χ2v) is 2.35. The zero-order valence-electron chi connectivity index (χ0n) is 4.94. The van der Waals surface area contributed by atoms with Crippen LogP contribution in [-0.2, 0) is 0 Å². The molecule has 1 aliphatic heterocycles. The van der Waals surface area contributed by atoms with Crippen molar-refractivity contribution in [1.82, 2.24) is 10.4 Å². The molecule has 1 heterocycles. The van der Waals surface area contributed by atoms with Crippen LogP contribution < -0.4 is 5.43 Å². The standard InChI is InChI=1S/C5H12N2/c1-5-3-6-7(2)4-5/h5-6H,3-4H2,1-2H3/t5-/m0/s1. The summed E-state index contributed by atoms with van der Waals surface area (Å²) in [5.41, 5.74) is 3.20. The molecule has 0 spiro atoms. The van der Waals surface area contributed by atoms with Crippen LogP contribution in [0.2, 0.25) is 0 Å². The smallest absolute Gasteiger partial charge is 0.0166 e. The molecule has 1 rings (SSSR count). The Balaban J connectivity index is 2.26. The summed E-state index contributed by atoms with van der Waals surface area (Å²) >= 11 is 0. The average Bonchev–Trinajstić information content (AvgIpc) is 1.87. The molecule has 0 aromatic heterocycles. The van der Waals surface area contributed by atoms with Gasteiger partial charge in [-0.3, -0.25) is 5.43 Å². The van der Waals surface area contributed by atoms with Gasteiger partial charge in [-0.25, -0.2) is 5.01 Å². The van der Waals surface area contributed by atoms with Gasteiger partial charge in [-0.1, -0.05) is 6.92 Å². The van der Waals surface area contributed by atoms with Gasteiger partial charge in [0, 0.05) is 20.1 Å². The number of rotatable bonds is 0. The normalized spacial score (nSPS) is 34.3. The monoisotopic (exact) mass is 100 g/mol. The molecule has 0 unspecified atom stereocenters. The Morgan fingerprint density at radius 2 is 2.43 bits per heavy atom. The predicted molar refractivity (Wildman–Crippen MR) is 29.8 cm³/mol. The maximum absolute atomic E-state index is 3.20. The van der Waals surface area contributed by atoms with Crippen LogP contribution in [0.1, 0.15) is 6.92 Å². The van der Waals surface area contributed by atoms with Crippen LogP contribution in [0.4, 0.5) is 0 Å². The first-order chi connectivity index (χ1) is 3.29. The van der Waals surface area contributed by atoms with E-state index in [9.17, 15) is 0 Å². The molecule has 42 valence electrons. The first kappa shape index (κ1) is 5.06. The van der Waals surface area contributed by atoms with Gasteiger partial charge in [-0.2, -0.15) is 0 Å². The number of hydrogen-bond donors (Lipinski definition) is 1. The fraction of sp³-hybridized carbons (Fsp3) is 1.00. The van der Waals surface area contributed by atoms with Crippen LogP contribution in [0.15, 0.2) is 0 Å². The highest BCUT2D eigenvalue weighted by atomic mass is 15.5. The fourth-order valence-electron chi connectivity index (χ4n) is 0.908. The minimum absolute atomic E-state index is 0.838.